The van der Waals surface area contributed by atoms with Crippen molar-refractivity contribution in [2.45, 2.75) is 6.92 Å². The molecule has 2 nitrogen and oxygen atoms in total. The molecule has 0 saturated heterocycles. The molecule has 0 radical (unpaired) electrons. The first-order valence-electron chi connectivity index (χ1n) is 10.9. The van der Waals surface area contributed by atoms with E-state index in [0.29, 0.717) is 0 Å². The molecule has 0 fully saturated rings. The zero-order valence-electron chi connectivity index (χ0n) is 17.8. The van der Waals surface area contributed by atoms with E-state index in [2.05, 4.69) is 115 Å². The average Bonchev–Trinajstić information content (AvgIpc) is 3.24. The normalized spacial score (nSPS) is 11.3. The zero-order chi connectivity index (χ0) is 21.5. The number of nitrogens with zero attached hydrogens (tertiary/aromatic N) is 1. The highest BCUT2D eigenvalue weighted by molar-refractivity contribution is 6.13. The fourth-order valence-electron chi connectivity index (χ4n) is 4.70. The number of benzene rings is 4. The van der Waals surface area contributed by atoms with Gasteiger partial charge in [0.1, 0.15) is 0 Å². The van der Waals surface area contributed by atoms with Crippen LogP contribution >= 0.6 is 0 Å². The fraction of sp³-hybridized carbons (Fsp3) is 0.0333. The minimum Gasteiger partial charge on any atom is -0.353 e. The lowest BCUT2D eigenvalue weighted by atomic mass is 9.87. The van der Waals surface area contributed by atoms with Crippen molar-refractivity contribution in [3.8, 4) is 33.5 Å². The molecule has 2 aromatic heterocycles. The highest BCUT2D eigenvalue weighted by atomic mass is 14.8. The van der Waals surface area contributed by atoms with E-state index in [1.165, 1.54) is 38.6 Å². The smallest absolute Gasteiger partial charge is 0.0955 e. The standard InChI is InChI=1S/C30H22N2/c1-20-18-25(21-10-4-2-5-11-21)28(26(19-20)22-12-6-3-7-13-22)30-29-24(16-17-31-30)23-14-8-9-15-27(23)32-29/h2-19,32H,1H3. The van der Waals surface area contributed by atoms with Gasteiger partial charge in [-0.2, -0.15) is 0 Å². The summed E-state index contributed by atoms with van der Waals surface area (Å²) >= 11 is 0. The van der Waals surface area contributed by atoms with Crippen LogP contribution in [0.25, 0.3) is 55.3 Å². The number of aromatic nitrogens is 2. The molecule has 0 saturated carbocycles. The molecule has 0 unspecified atom stereocenters. The van der Waals surface area contributed by atoms with E-state index in [-0.39, 0.29) is 0 Å². The number of H-pyrrole nitrogens is 1. The number of aryl methyl sites for hydroxylation is 1. The number of fused-ring (bicyclic) bond motifs is 3. The van der Waals surface area contributed by atoms with Crippen LogP contribution in [0, 0.1) is 6.92 Å². The quantitative estimate of drug-likeness (QED) is 0.314. The number of rotatable bonds is 3. The maximum absolute atomic E-state index is 4.94. The SMILES string of the molecule is Cc1cc(-c2ccccc2)c(-c2nccc3c2[nH]c2ccccc23)c(-c2ccccc2)c1. The number of aromatic amines is 1. The van der Waals surface area contributed by atoms with Crippen LogP contribution in [0.3, 0.4) is 0 Å². The Morgan fingerprint density at radius 1 is 0.625 bits per heavy atom. The van der Waals surface area contributed by atoms with Crippen LogP contribution in [0.15, 0.2) is 109 Å². The van der Waals surface area contributed by atoms with Crippen molar-refractivity contribution in [2.24, 2.45) is 0 Å². The second kappa shape index (κ2) is 7.51. The molecule has 152 valence electrons. The van der Waals surface area contributed by atoms with Gasteiger partial charge in [-0.25, -0.2) is 0 Å². The predicted molar refractivity (Wildman–Crippen MR) is 135 cm³/mol. The molecule has 1 N–H and O–H groups in total. The Hall–Kier alpha value is -4.17. The predicted octanol–water partition coefficient (Wildman–Crippen LogP) is 8.03. The van der Waals surface area contributed by atoms with E-state index < -0.39 is 0 Å². The van der Waals surface area contributed by atoms with Crippen LogP contribution in [0.4, 0.5) is 0 Å². The minimum absolute atomic E-state index is 0.983. The number of nitrogens with one attached hydrogen (secondary N) is 1. The summed E-state index contributed by atoms with van der Waals surface area (Å²) in [4.78, 5) is 8.60. The van der Waals surface area contributed by atoms with Gasteiger partial charge in [0.25, 0.3) is 0 Å². The van der Waals surface area contributed by atoms with Crippen molar-refractivity contribution in [1.29, 1.82) is 0 Å². The summed E-state index contributed by atoms with van der Waals surface area (Å²) in [6.07, 6.45) is 1.93. The molecule has 0 bridgehead atoms. The van der Waals surface area contributed by atoms with Gasteiger partial charge in [-0.3, -0.25) is 4.98 Å². The summed E-state index contributed by atoms with van der Waals surface area (Å²) in [5.74, 6) is 0. The van der Waals surface area contributed by atoms with E-state index in [4.69, 9.17) is 4.98 Å². The molecule has 0 atom stereocenters. The van der Waals surface area contributed by atoms with E-state index in [0.717, 1.165) is 22.3 Å². The second-order valence-corrected chi connectivity index (χ2v) is 8.22. The van der Waals surface area contributed by atoms with Crippen molar-refractivity contribution >= 4 is 21.8 Å². The van der Waals surface area contributed by atoms with Gasteiger partial charge < -0.3 is 4.98 Å². The van der Waals surface area contributed by atoms with Crippen molar-refractivity contribution < 1.29 is 0 Å². The lowest BCUT2D eigenvalue weighted by Gasteiger charge is -2.17. The zero-order valence-corrected chi connectivity index (χ0v) is 17.8. The van der Waals surface area contributed by atoms with Crippen LogP contribution in [0.5, 0.6) is 0 Å². The highest BCUT2D eigenvalue weighted by Crippen LogP contribution is 2.43. The van der Waals surface area contributed by atoms with E-state index in [9.17, 15) is 0 Å². The summed E-state index contributed by atoms with van der Waals surface area (Å²) in [5.41, 5.74) is 10.4. The molecule has 32 heavy (non-hydrogen) atoms. The molecule has 2 heterocycles. The molecule has 4 aromatic carbocycles. The molecule has 0 aliphatic heterocycles. The molecule has 0 aliphatic rings. The first-order chi connectivity index (χ1) is 15.8. The first kappa shape index (κ1) is 18.6. The van der Waals surface area contributed by atoms with E-state index in [1.54, 1.807) is 0 Å². The van der Waals surface area contributed by atoms with Crippen LogP contribution in [-0.4, -0.2) is 9.97 Å². The van der Waals surface area contributed by atoms with Gasteiger partial charge in [0.2, 0.25) is 0 Å². The average molecular weight is 411 g/mol. The maximum atomic E-state index is 4.94. The Balaban J connectivity index is 1.76. The largest absolute Gasteiger partial charge is 0.353 e. The first-order valence-corrected chi connectivity index (χ1v) is 10.9. The van der Waals surface area contributed by atoms with Crippen LogP contribution in [0.2, 0.25) is 0 Å². The number of para-hydroxylation sites is 1. The Labute approximate surface area is 187 Å². The van der Waals surface area contributed by atoms with Gasteiger partial charge in [-0.05, 0) is 46.9 Å². The number of hydrogen-bond acceptors (Lipinski definition) is 1. The Bertz CT molecular complexity index is 1500. The molecule has 0 aliphatic carbocycles. The maximum Gasteiger partial charge on any atom is 0.0955 e. The van der Waals surface area contributed by atoms with E-state index in [1.807, 2.05) is 6.20 Å². The third-order valence-corrected chi connectivity index (χ3v) is 6.12. The minimum atomic E-state index is 0.983. The lowest BCUT2D eigenvalue weighted by Crippen LogP contribution is -1.95. The molecular weight excluding hydrogens is 388 g/mol. The molecule has 0 amide bonds. The van der Waals surface area contributed by atoms with Gasteiger partial charge >= 0.3 is 0 Å². The van der Waals surface area contributed by atoms with Crippen LogP contribution < -0.4 is 0 Å². The summed E-state index contributed by atoms with van der Waals surface area (Å²) < 4.78 is 0. The van der Waals surface area contributed by atoms with Gasteiger partial charge in [-0.15, -0.1) is 0 Å². The molecule has 6 aromatic rings. The number of hydrogen-bond donors (Lipinski definition) is 1. The Morgan fingerprint density at radius 2 is 1.22 bits per heavy atom. The van der Waals surface area contributed by atoms with E-state index >= 15 is 0 Å². The molecular formula is C30H22N2. The van der Waals surface area contributed by atoms with Gasteiger partial charge in [0, 0.05) is 28.0 Å². The van der Waals surface area contributed by atoms with Crippen molar-refractivity contribution in [1.82, 2.24) is 9.97 Å². The summed E-state index contributed by atoms with van der Waals surface area (Å²) in [7, 11) is 0. The van der Waals surface area contributed by atoms with Gasteiger partial charge in [0.05, 0.1) is 11.2 Å². The van der Waals surface area contributed by atoms with Crippen molar-refractivity contribution in [3.05, 3.63) is 115 Å². The highest BCUT2D eigenvalue weighted by Gasteiger charge is 2.19. The lowest BCUT2D eigenvalue weighted by molar-refractivity contribution is 1.33. The topological polar surface area (TPSA) is 28.7 Å². The van der Waals surface area contributed by atoms with Crippen LogP contribution in [-0.2, 0) is 0 Å². The fourth-order valence-corrected chi connectivity index (χ4v) is 4.70. The van der Waals surface area contributed by atoms with Crippen molar-refractivity contribution in [2.75, 3.05) is 0 Å². The Kier molecular flexibility index (Phi) is 4.36. The second-order valence-electron chi connectivity index (χ2n) is 8.22. The van der Waals surface area contributed by atoms with Crippen LogP contribution in [0.1, 0.15) is 5.56 Å². The Morgan fingerprint density at radius 3 is 1.88 bits per heavy atom. The third-order valence-electron chi connectivity index (χ3n) is 6.12. The van der Waals surface area contributed by atoms with Crippen molar-refractivity contribution in [3.63, 3.8) is 0 Å². The molecule has 0 spiro atoms. The summed E-state index contributed by atoms with van der Waals surface area (Å²) in [6, 6.07) is 36.4. The summed E-state index contributed by atoms with van der Waals surface area (Å²) in [5, 5.41) is 2.42. The van der Waals surface area contributed by atoms with Gasteiger partial charge in [-0.1, -0.05) is 91.0 Å². The third kappa shape index (κ3) is 3.00. The molecule has 2 heteroatoms. The molecule has 6 rings (SSSR count). The monoisotopic (exact) mass is 410 g/mol. The summed E-state index contributed by atoms with van der Waals surface area (Å²) in [6.45, 7) is 2.17. The van der Waals surface area contributed by atoms with Gasteiger partial charge in [0.15, 0.2) is 0 Å². The number of pyridine rings is 1.